The van der Waals surface area contributed by atoms with Crippen LogP contribution in [0.1, 0.15) is 34.0 Å². The summed E-state index contributed by atoms with van der Waals surface area (Å²) < 4.78 is 6.81. The highest BCUT2D eigenvalue weighted by atomic mass is 16.5. The van der Waals surface area contributed by atoms with Crippen LogP contribution in [-0.2, 0) is 21.4 Å². The minimum absolute atomic E-state index is 0.0278. The van der Waals surface area contributed by atoms with Crippen molar-refractivity contribution >= 4 is 29.6 Å². The molecule has 3 aromatic rings. The molecule has 3 N–H and O–H groups in total. The average Bonchev–Trinajstić information content (AvgIpc) is 3.50. The Morgan fingerprint density at radius 3 is 2.37 bits per heavy atom. The molecule has 0 spiro atoms. The number of carbonyl (C=O) groups is 4. The van der Waals surface area contributed by atoms with Crippen molar-refractivity contribution < 1.29 is 29.0 Å². The van der Waals surface area contributed by atoms with E-state index in [1.807, 2.05) is 48.5 Å². The number of ether oxygens (including phenoxy) is 1. The number of hydrogen-bond acceptors (Lipinski definition) is 6. The van der Waals surface area contributed by atoms with Gasteiger partial charge in [0.1, 0.15) is 6.61 Å². The molecule has 1 atom stereocenters. The fraction of sp³-hybridized carbons (Fsp3) is 0.208. The van der Waals surface area contributed by atoms with Crippen LogP contribution in [0.25, 0.3) is 11.1 Å². The summed E-state index contributed by atoms with van der Waals surface area (Å²) in [5.41, 5.74) is 6.33. The van der Waals surface area contributed by atoms with Crippen molar-refractivity contribution in [1.29, 1.82) is 0 Å². The second kappa shape index (κ2) is 8.60. The summed E-state index contributed by atoms with van der Waals surface area (Å²) in [5.74, 6) is -2.94. The van der Waals surface area contributed by atoms with Crippen LogP contribution in [0.3, 0.4) is 0 Å². The highest BCUT2D eigenvalue weighted by Crippen LogP contribution is 2.44. The van der Waals surface area contributed by atoms with E-state index in [0.717, 1.165) is 22.3 Å². The summed E-state index contributed by atoms with van der Waals surface area (Å²) in [7, 11) is 1.54. The zero-order valence-corrected chi connectivity index (χ0v) is 18.6. The number of aromatic nitrogens is 2. The maximum atomic E-state index is 12.9. The molecule has 3 amide bonds. The Hall–Kier alpha value is -4.67. The predicted molar refractivity (Wildman–Crippen MR) is 122 cm³/mol. The lowest BCUT2D eigenvalue weighted by molar-refractivity contribution is -0.142. The number of fused-ring (bicyclic) bond motifs is 3. The van der Waals surface area contributed by atoms with Crippen molar-refractivity contribution in [3.05, 3.63) is 71.5 Å². The summed E-state index contributed by atoms with van der Waals surface area (Å²) in [6.45, 7) is 0.0761. The molecule has 1 fully saturated rings. The molecule has 0 radical (unpaired) electrons. The first-order chi connectivity index (χ1) is 16.8. The first kappa shape index (κ1) is 22.1. The average molecular weight is 475 g/mol. The van der Waals surface area contributed by atoms with E-state index in [4.69, 9.17) is 4.74 Å². The molecule has 2 aromatic carbocycles. The molecule has 0 saturated carbocycles. The lowest BCUT2D eigenvalue weighted by Crippen LogP contribution is -2.46. The van der Waals surface area contributed by atoms with Crippen LogP contribution in [0, 0.1) is 0 Å². The maximum Gasteiger partial charge on any atom is 0.411 e. The number of carboxylic acid groups (broad SMARTS) is 1. The van der Waals surface area contributed by atoms with Crippen LogP contribution >= 0.6 is 0 Å². The van der Waals surface area contributed by atoms with Crippen LogP contribution in [0.5, 0.6) is 0 Å². The van der Waals surface area contributed by atoms with E-state index in [9.17, 15) is 24.3 Å². The Morgan fingerprint density at radius 1 is 1.11 bits per heavy atom. The van der Waals surface area contributed by atoms with Crippen molar-refractivity contribution in [3.8, 4) is 11.1 Å². The normalized spacial score (nSPS) is 16.4. The predicted octanol–water partition coefficient (Wildman–Crippen LogP) is 2.11. The second-order valence-corrected chi connectivity index (χ2v) is 8.28. The van der Waals surface area contributed by atoms with E-state index in [-0.39, 0.29) is 30.3 Å². The molecule has 1 aliphatic carbocycles. The molecule has 11 nitrogen and oxygen atoms in total. The number of amides is 3. The number of carboxylic acids is 1. The van der Waals surface area contributed by atoms with Gasteiger partial charge in [-0.1, -0.05) is 48.5 Å². The van der Waals surface area contributed by atoms with Crippen LogP contribution < -0.4 is 10.7 Å². The van der Waals surface area contributed by atoms with E-state index < -0.39 is 29.9 Å². The summed E-state index contributed by atoms with van der Waals surface area (Å²) in [5, 5.41) is 16.6. The number of anilines is 1. The van der Waals surface area contributed by atoms with Crippen molar-refractivity contribution in [2.45, 2.75) is 18.4 Å². The number of nitrogens with one attached hydrogen (secondary N) is 2. The highest BCUT2D eigenvalue weighted by molar-refractivity contribution is 6.04. The lowest BCUT2D eigenvalue weighted by Gasteiger charge is -2.19. The molecule has 178 valence electrons. The SMILES string of the molecule is Cn1cc(NC(=O)OCC2c3ccccc3-c3ccccc32)c(C(=O)N2NC(=O)CC2C(=O)O)n1. The highest BCUT2D eigenvalue weighted by Gasteiger charge is 2.41. The summed E-state index contributed by atoms with van der Waals surface area (Å²) in [6, 6.07) is 14.5. The third-order valence-electron chi connectivity index (χ3n) is 6.05. The molecule has 2 heterocycles. The number of hydrazine groups is 1. The van der Waals surface area contributed by atoms with Gasteiger partial charge in [-0.25, -0.2) is 14.6 Å². The monoisotopic (exact) mass is 475 g/mol. The van der Waals surface area contributed by atoms with E-state index in [2.05, 4.69) is 15.8 Å². The molecule has 35 heavy (non-hydrogen) atoms. The van der Waals surface area contributed by atoms with Gasteiger partial charge in [-0.15, -0.1) is 0 Å². The number of aryl methyl sites for hydroxylation is 1. The van der Waals surface area contributed by atoms with Crippen molar-refractivity contribution in [2.24, 2.45) is 7.05 Å². The minimum atomic E-state index is -1.38. The van der Waals surface area contributed by atoms with Crippen LogP contribution in [0.15, 0.2) is 54.7 Å². The van der Waals surface area contributed by atoms with Gasteiger partial charge in [-0.05, 0) is 22.3 Å². The molecule has 5 rings (SSSR count). The van der Waals surface area contributed by atoms with Gasteiger partial charge in [0.25, 0.3) is 5.91 Å². The van der Waals surface area contributed by atoms with Crippen LogP contribution in [-0.4, -0.2) is 56.4 Å². The first-order valence-electron chi connectivity index (χ1n) is 10.8. The molecule has 0 bridgehead atoms. The Balaban J connectivity index is 1.31. The molecule has 1 saturated heterocycles. The zero-order valence-electron chi connectivity index (χ0n) is 18.6. The van der Waals surface area contributed by atoms with Crippen molar-refractivity contribution in [3.63, 3.8) is 0 Å². The quantitative estimate of drug-likeness (QED) is 0.513. The van der Waals surface area contributed by atoms with Gasteiger partial charge >= 0.3 is 12.1 Å². The number of benzene rings is 2. The number of carbonyl (C=O) groups excluding carboxylic acids is 3. The van der Waals surface area contributed by atoms with Gasteiger partial charge in [-0.3, -0.25) is 25.0 Å². The molecule has 1 aliphatic heterocycles. The Bertz CT molecular complexity index is 1320. The summed E-state index contributed by atoms with van der Waals surface area (Å²) >= 11 is 0. The standard InChI is InChI=1S/C24H21N5O6/c1-28-11-18(21(27-28)22(31)29-19(23(32)33)10-20(30)26-29)25-24(34)35-12-17-15-8-4-2-6-13(15)14-7-3-5-9-16(14)17/h2-9,11,17,19H,10,12H2,1H3,(H,25,34)(H,26,30)(H,32,33). The van der Waals surface area contributed by atoms with Gasteiger partial charge in [0, 0.05) is 19.2 Å². The first-order valence-corrected chi connectivity index (χ1v) is 10.8. The Kier molecular flexibility index (Phi) is 5.44. The molecule has 2 aliphatic rings. The number of aliphatic carboxylic acids is 1. The molecular formula is C24H21N5O6. The largest absolute Gasteiger partial charge is 0.480 e. The smallest absolute Gasteiger partial charge is 0.411 e. The van der Waals surface area contributed by atoms with E-state index in [1.165, 1.54) is 17.9 Å². The molecule has 11 heteroatoms. The third-order valence-corrected chi connectivity index (χ3v) is 6.05. The number of rotatable bonds is 5. The summed E-state index contributed by atoms with van der Waals surface area (Å²) in [6.07, 6.45) is 0.222. The topological polar surface area (TPSA) is 143 Å². The molecule has 1 unspecified atom stereocenters. The van der Waals surface area contributed by atoms with Crippen LogP contribution in [0.4, 0.5) is 10.5 Å². The Morgan fingerprint density at radius 2 is 1.74 bits per heavy atom. The molecular weight excluding hydrogens is 454 g/mol. The third kappa shape index (κ3) is 3.97. The zero-order chi connectivity index (χ0) is 24.7. The Labute approximate surface area is 199 Å². The van der Waals surface area contributed by atoms with Gasteiger partial charge < -0.3 is 9.84 Å². The second-order valence-electron chi connectivity index (χ2n) is 8.28. The van der Waals surface area contributed by atoms with Gasteiger partial charge in [0.2, 0.25) is 5.91 Å². The lowest BCUT2D eigenvalue weighted by atomic mass is 9.98. The van der Waals surface area contributed by atoms with Crippen molar-refractivity contribution in [1.82, 2.24) is 20.2 Å². The van der Waals surface area contributed by atoms with Crippen molar-refractivity contribution in [2.75, 3.05) is 11.9 Å². The van der Waals surface area contributed by atoms with Crippen LogP contribution in [0.2, 0.25) is 0 Å². The number of hydrogen-bond donors (Lipinski definition) is 3. The summed E-state index contributed by atoms with van der Waals surface area (Å²) in [4.78, 5) is 48.7. The fourth-order valence-electron chi connectivity index (χ4n) is 4.51. The van der Waals surface area contributed by atoms with E-state index in [0.29, 0.717) is 5.01 Å². The van der Waals surface area contributed by atoms with Gasteiger partial charge in [0.15, 0.2) is 11.7 Å². The van der Waals surface area contributed by atoms with Gasteiger partial charge in [-0.2, -0.15) is 5.10 Å². The number of nitrogens with zero attached hydrogens (tertiary/aromatic N) is 3. The minimum Gasteiger partial charge on any atom is -0.480 e. The molecule has 1 aromatic heterocycles. The van der Waals surface area contributed by atoms with E-state index >= 15 is 0 Å². The van der Waals surface area contributed by atoms with Gasteiger partial charge in [0.05, 0.1) is 12.1 Å². The maximum absolute atomic E-state index is 12.9. The van der Waals surface area contributed by atoms with E-state index in [1.54, 1.807) is 0 Å². The fourth-order valence-corrected chi connectivity index (χ4v) is 4.51.